The summed E-state index contributed by atoms with van der Waals surface area (Å²) in [6, 6.07) is 16.4. The Morgan fingerprint density at radius 3 is 2.57 bits per heavy atom. The Labute approximate surface area is 124 Å². The number of aryl methyl sites for hydroxylation is 1. The maximum Gasteiger partial charge on any atom is 0.172 e. The molecule has 0 aromatic heterocycles. The number of nitrogens with two attached hydrogens (primary N) is 1. The molecule has 0 saturated heterocycles. The van der Waals surface area contributed by atoms with Crippen LogP contribution in [0.3, 0.4) is 0 Å². The van der Waals surface area contributed by atoms with Crippen molar-refractivity contribution in [2.45, 2.75) is 19.4 Å². The smallest absolute Gasteiger partial charge is 0.172 e. The SMILES string of the molecule is NC(=NO)c1ccccc1N1CCCc2ccccc2C1. The van der Waals surface area contributed by atoms with Gasteiger partial charge < -0.3 is 15.8 Å². The molecule has 1 aliphatic heterocycles. The van der Waals surface area contributed by atoms with Crippen molar-refractivity contribution in [3.8, 4) is 0 Å². The number of fused-ring (bicyclic) bond motifs is 1. The van der Waals surface area contributed by atoms with Crippen LogP contribution in [-0.4, -0.2) is 17.6 Å². The molecule has 2 aromatic carbocycles. The molecule has 4 nitrogen and oxygen atoms in total. The summed E-state index contributed by atoms with van der Waals surface area (Å²) in [7, 11) is 0. The highest BCUT2D eigenvalue weighted by atomic mass is 16.4. The molecule has 1 heterocycles. The fourth-order valence-electron chi connectivity index (χ4n) is 2.93. The van der Waals surface area contributed by atoms with Crippen LogP contribution in [-0.2, 0) is 13.0 Å². The lowest BCUT2D eigenvalue weighted by molar-refractivity contribution is 0.318. The van der Waals surface area contributed by atoms with Gasteiger partial charge in [0.2, 0.25) is 0 Å². The van der Waals surface area contributed by atoms with Crippen molar-refractivity contribution >= 4 is 11.5 Å². The molecular weight excluding hydrogens is 262 g/mol. The normalized spacial score (nSPS) is 15.4. The third-order valence-electron chi connectivity index (χ3n) is 3.98. The van der Waals surface area contributed by atoms with Gasteiger partial charge in [-0.05, 0) is 36.1 Å². The molecule has 0 fully saturated rings. The van der Waals surface area contributed by atoms with Crippen LogP contribution in [0.1, 0.15) is 23.1 Å². The Morgan fingerprint density at radius 2 is 1.76 bits per heavy atom. The van der Waals surface area contributed by atoms with E-state index in [1.807, 2.05) is 24.3 Å². The zero-order valence-electron chi connectivity index (χ0n) is 11.9. The number of rotatable bonds is 2. The topological polar surface area (TPSA) is 61.9 Å². The molecule has 0 amide bonds. The zero-order chi connectivity index (χ0) is 14.7. The largest absolute Gasteiger partial charge is 0.409 e. The Balaban J connectivity index is 1.98. The zero-order valence-corrected chi connectivity index (χ0v) is 11.9. The summed E-state index contributed by atoms with van der Waals surface area (Å²) in [6.07, 6.45) is 2.19. The highest BCUT2D eigenvalue weighted by Crippen LogP contribution is 2.26. The van der Waals surface area contributed by atoms with Crippen LogP contribution in [0.25, 0.3) is 0 Å². The van der Waals surface area contributed by atoms with E-state index in [1.54, 1.807) is 0 Å². The summed E-state index contributed by atoms with van der Waals surface area (Å²) >= 11 is 0. The molecule has 108 valence electrons. The first-order valence-corrected chi connectivity index (χ1v) is 7.18. The molecule has 0 radical (unpaired) electrons. The molecule has 3 N–H and O–H groups in total. The van der Waals surface area contributed by atoms with Crippen LogP contribution in [0.15, 0.2) is 53.7 Å². The monoisotopic (exact) mass is 281 g/mol. The van der Waals surface area contributed by atoms with Gasteiger partial charge in [-0.3, -0.25) is 0 Å². The highest BCUT2D eigenvalue weighted by Gasteiger charge is 2.17. The van der Waals surface area contributed by atoms with Gasteiger partial charge in [0.05, 0.1) is 0 Å². The average Bonchev–Trinajstić information content (AvgIpc) is 2.76. The van der Waals surface area contributed by atoms with Crippen LogP contribution in [0.5, 0.6) is 0 Å². The number of nitrogens with zero attached hydrogens (tertiary/aromatic N) is 2. The maximum absolute atomic E-state index is 8.97. The molecular formula is C17H19N3O. The minimum absolute atomic E-state index is 0.156. The van der Waals surface area contributed by atoms with Crippen molar-refractivity contribution < 1.29 is 5.21 Å². The van der Waals surface area contributed by atoms with Gasteiger partial charge in [0, 0.05) is 24.3 Å². The second kappa shape index (κ2) is 5.87. The molecule has 0 spiro atoms. The fourth-order valence-corrected chi connectivity index (χ4v) is 2.93. The molecule has 0 aliphatic carbocycles. The Bertz CT molecular complexity index is 667. The number of oxime groups is 1. The first-order chi connectivity index (χ1) is 10.3. The summed E-state index contributed by atoms with van der Waals surface area (Å²) in [5, 5.41) is 12.1. The first-order valence-electron chi connectivity index (χ1n) is 7.18. The summed E-state index contributed by atoms with van der Waals surface area (Å²) in [4.78, 5) is 2.30. The van der Waals surface area contributed by atoms with Crippen molar-refractivity contribution in [3.05, 3.63) is 65.2 Å². The molecule has 0 bridgehead atoms. The van der Waals surface area contributed by atoms with Crippen molar-refractivity contribution in [1.82, 2.24) is 0 Å². The summed E-state index contributed by atoms with van der Waals surface area (Å²) < 4.78 is 0. The maximum atomic E-state index is 8.97. The molecule has 4 heteroatoms. The predicted octanol–water partition coefficient (Wildman–Crippen LogP) is 2.73. The lowest BCUT2D eigenvalue weighted by Gasteiger charge is -2.25. The standard InChI is InChI=1S/C17H19N3O/c18-17(19-21)15-9-3-4-10-16(15)20-11-5-8-13-6-1-2-7-14(13)12-20/h1-4,6-7,9-10,21H,5,8,11-12H2,(H2,18,19). The quantitative estimate of drug-likeness (QED) is 0.385. The average molecular weight is 281 g/mol. The second-order valence-electron chi connectivity index (χ2n) is 5.30. The van der Waals surface area contributed by atoms with E-state index in [-0.39, 0.29) is 5.84 Å². The van der Waals surface area contributed by atoms with E-state index < -0.39 is 0 Å². The molecule has 0 unspecified atom stereocenters. The second-order valence-corrected chi connectivity index (χ2v) is 5.30. The van der Waals surface area contributed by atoms with Crippen LogP contribution in [0.4, 0.5) is 5.69 Å². The molecule has 0 atom stereocenters. The minimum Gasteiger partial charge on any atom is -0.409 e. The number of amidine groups is 1. The van der Waals surface area contributed by atoms with E-state index in [1.165, 1.54) is 11.1 Å². The van der Waals surface area contributed by atoms with Crippen LogP contribution in [0.2, 0.25) is 0 Å². The van der Waals surface area contributed by atoms with Crippen LogP contribution in [0, 0.1) is 0 Å². The number of anilines is 1. The van der Waals surface area contributed by atoms with Gasteiger partial charge in [-0.2, -0.15) is 0 Å². The van der Waals surface area contributed by atoms with E-state index in [0.29, 0.717) is 0 Å². The number of benzene rings is 2. The minimum atomic E-state index is 0.156. The van der Waals surface area contributed by atoms with Crippen molar-refractivity contribution in [2.24, 2.45) is 10.9 Å². The fraction of sp³-hybridized carbons (Fsp3) is 0.235. The third-order valence-corrected chi connectivity index (χ3v) is 3.98. The molecule has 1 aliphatic rings. The van der Waals surface area contributed by atoms with Gasteiger partial charge in [-0.15, -0.1) is 0 Å². The number of para-hydroxylation sites is 1. The van der Waals surface area contributed by atoms with Crippen LogP contribution < -0.4 is 10.6 Å². The van der Waals surface area contributed by atoms with Gasteiger partial charge in [0.25, 0.3) is 0 Å². The summed E-state index contributed by atoms with van der Waals surface area (Å²) in [5.74, 6) is 0.156. The van der Waals surface area contributed by atoms with E-state index >= 15 is 0 Å². The van der Waals surface area contributed by atoms with Gasteiger partial charge in [-0.25, -0.2) is 0 Å². The lowest BCUT2D eigenvalue weighted by atomic mass is 10.0. The van der Waals surface area contributed by atoms with Crippen molar-refractivity contribution in [3.63, 3.8) is 0 Å². The van der Waals surface area contributed by atoms with Gasteiger partial charge in [0.1, 0.15) is 0 Å². The Morgan fingerprint density at radius 1 is 1.05 bits per heavy atom. The van der Waals surface area contributed by atoms with E-state index in [9.17, 15) is 0 Å². The Hall–Kier alpha value is -2.49. The highest BCUT2D eigenvalue weighted by molar-refractivity contribution is 6.02. The lowest BCUT2D eigenvalue weighted by Crippen LogP contribution is -2.26. The van der Waals surface area contributed by atoms with Crippen LogP contribution >= 0.6 is 0 Å². The molecule has 21 heavy (non-hydrogen) atoms. The molecule has 0 saturated carbocycles. The van der Waals surface area contributed by atoms with Crippen molar-refractivity contribution in [2.75, 3.05) is 11.4 Å². The van der Waals surface area contributed by atoms with E-state index in [4.69, 9.17) is 10.9 Å². The van der Waals surface area contributed by atoms with Gasteiger partial charge in [0.15, 0.2) is 5.84 Å². The van der Waals surface area contributed by atoms with Gasteiger partial charge >= 0.3 is 0 Å². The summed E-state index contributed by atoms with van der Waals surface area (Å²) in [5.41, 5.74) is 10.4. The molecule has 3 rings (SSSR count). The predicted molar refractivity (Wildman–Crippen MR) is 84.8 cm³/mol. The first kappa shape index (κ1) is 13.5. The third kappa shape index (κ3) is 2.70. The summed E-state index contributed by atoms with van der Waals surface area (Å²) in [6.45, 7) is 1.82. The number of hydrogen-bond acceptors (Lipinski definition) is 3. The number of hydrogen-bond donors (Lipinski definition) is 2. The van der Waals surface area contributed by atoms with E-state index in [2.05, 4.69) is 34.3 Å². The Kier molecular flexibility index (Phi) is 3.77. The van der Waals surface area contributed by atoms with Crippen molar-refractivity contribution in [1.29, 1.82) is 0 Å². The molecule has 2 aromatic rings. The van der Waals surface area contributed by atoms with E-state index in [0.717, 1.165) is 37.2 Å². The van der Waals surface area contributed by atoms with Gasteiger partial charge in [-0.1, -0.05) is 41.6 Å².